The Balaban J connectivity index is 0.000000200. The third kappa shape index (κ3) is 25.5. The topological polar surface area (TPSA) is 390 Å². The van der Waals surface area contributed by atoms with Crippen molar-refractivity contribution in [2.24, 2.45) is 4.99 Å². The van der Waals surface area contributed by atoms with Crippen LogP contribution in [0.4, 0.5) is 34.5 Å². The third-order valence-electron chi connectivity index (χ3n) is 16.7. The first-order valence-electron chi connectivity index (χ1n) is 35.8. The van der Waals surface area contributed by atoms with Gasteiger partial charge in [-0.05, 0) is 125 Å². The van der Waals surface area contributed by atoms with Crippen LogP contribution in [0.25, 0.3) is 0 Å². The molecule has 9 aromatic rings. The SMILES string of the molecule is CCOC(=O)COc1cc(Cl)cc(C(=O)Nc2ccc(Cl)cn2)c1NC(=O)c1ccc(C(=N)N(C)C)cc1.CCOC(=O)COc1cc(Cl)cc(C(=O)Nc2ccc(Cl)cn2)c1NC(=O)c1ccc(C(=N)N2CCCC2)cc1.CCOC(=O)COc1cc(Cl)cc(C(=O)Nc2ccc(Cl)cn2)c1NC(=O)c1ccc(C2=NCCN2C)cc1. The minimum absolute atomic E-state index is 0.000881. The van der Waals surface area contributed by atoms with Gasteiger partial charge in [0, 0.05) is 126 Å². The lowest BCUT2D eigenvalue weighted by Crippen LogP contribution is -2.27. The van der Waals surface area contributed by atoms with Gasteiger partial charge in [0.2, 0.25) is 0 Å². The van der Waals surface area contributed by atoms with Gasteiger partial charge < -0.3 is 75.0 Å². The second kappa shape index (κ2) is 42.8. The number of carbonyl (C=O) groups excluding carboxylic acids is 9. The van der Waals surface area contributed by atoms with Crippen molar-refractivity contribution >= 4 is 175 Å². The number of nitrogens with zero attached hydrogens (tertiary/aromatic N) is 7. The van der Waals surface area contributed by atoms with E-state index in [4.69, 9.17) is 109 Å². The van der Waals surface area contributed by atoms with Crippen LogP contribution < -0.4 is 46.1 Å². The van der Waals surface area contributed by atoms with Gasteiger partial charge in [-0.2, -0.15) is 0 Å². The lowest BCUT2D eigenvalue weighted by Gasteiger charge is -2.19. The van der Waals surface area contributed by atoms with Crippen molar-refractivity contribution in [1.29, 1.82) is 10.8 Å². The second-order valence-corrected chi connectivity index (χ2v) is 27.8. The average Bonchev–Trinajstić information content (AvgIpc) is 1.19. The molecule has 608 valence electrons. The number of anilines is 6. The molecule has 0 atom stereocenters. The van der Waals surface area contributed by atoms with Crippen LogP contribution >= 0.6 is 69.6 Å². The summed E-state index contributed by atoms with van der Waals surface area (Å²) in [6, 6.07) is 37.4. The quantitative estimate of drug-likeness (QED) is 0.0103. The summed E-state index contributed by atoms with van der Waals surface area (Å²) < 4.78 is 31.5. The molecule has 5 heterocycles. The number of amides is 6. The van der Waals surface area contributed by atoms with E-state index in [-0.39, 0.29) is 120 Å². The molecule has 117 heavy (non-hydrogen) atoms. The van der Waals surface area contributed by atoms with Crippen LogP contribution in [0.15, 0.2) is 169 Å². The number of benzene rings is 6. The summed E-state index contributed by atoms with van der Waals surface area (Å²) in [6.07, 6.45) is 6.22. The number of aromatic nitrogens is 3. The van der Waals surface area contributed by atoms with E-state index in [2.05, 4.69) is 51.8 Å². The molecular formula is C81H77Cl6N15O15. The van der Waals surface area contributed by atoms with Crippen LogP contribution in [-0.4, -0.2) is 187 Å². The van der Waals surface area contributed by atoms with Gasteiger partial charge in [-0.3, -0.25) is 44.6 Å². The van der Waals surface area contributed by atoms with Crippen molar-refractivity contribution < 1.29 is 71.6 Å². The van der Waals surface area contributed by atoms with Gasteiger partial charge in [0.25, 0.3) is 35.4 Å². The molecule has 1 saturated heterocycles. The Morgan fingerprint density at radius 3 is 1.03 bits per heavy atom. The average molecular weight is 1710 g/mol. The normalized spacial score (nSPS) is 11.8. The molecule has 6 aromatic carbocycles. The largest absolute Gasteiger partial charge is 0.480 e. The molecule has 0 radical (unpaired) electrons. The molecule has 30 nitrogen and oxygen atoms in total. The van der Waals surface area contributed by atoms with E-state index in [1.165, 1.54) is 73.2 Å². The lowest BCUT2D eigenvalue weighted by atomic mass is 10.1. The fraction of sp³-hybridized carbons (Fsp3) is 0.222. The third-order valence-corrected chi connectivity index (χ3v) is 18.0. The maximum atomic E-state index is 13.3. The molecule has 0 unspecified atom stereocenters. The predicted molar refractivity (Wildman–Crippen MR) is 448 cm³/mol. The van der Waals surface area contributed by atoms with E-state index in [9.17, 15) is 43.2 Å². The van der Waals surface area contributed by atoms with Gasteiger partial charge in [0.1, 0.15) is 52.2 Å². The monoisotopic (exact) mass is 1710 g/mol. The number of hydrogen-bond donors (Lipinski definition) is 8. The fourth-order valence-corrected chi connectivity index (χ4v) is 12.0. The number of amidine groups is 3. The van der Waals surface area contributed by atoms with Gasteiger partial charge >= 0.3 is 17.9 Å². The number of likely N-dealkylation sites (N-methyl/N-ethyl adjacent to an activating group) is 1. The van der Waals surface area contributed by atoms with Crippen molar-refractivity contribution in [1.82, 2.24) is 29.7 Å². The van der Waals surface area contributed by atoms with Crippen LogP contribution in [0, 0.1) is 10.8 Å². The standard InChI is InChI=1S/C28H27Cl2N5O5.C27H25Cl2N5O5.C26H25Cl2N5O5/c1-2-39-24(36)16-40-22-14-20(30)13-21(28(38)33-23-10-9-19(29)15-32-23)25(22)34-27(37)18-7-5-17(6-8-18)26(31)35-11-3-4-12-35;1-3-38-23(35)15-39-21-13-19(29)12-20(27(37)32-22-9-8-18(28)14-31-22)24(21)33-26(36)17-6-4-16(5-7-17)25-30-10-11-34(25)2;1-4-37-22(34)14-38-20-12-18(28)11-19(26(36)31-21-10-9-17(27)13-30-21)23(20)32-25(35)16-7-5-15(6-8-16)24(29)33(2)3/h5-10,13-15,31H,2-4,11-12,16H2,1H3,(H,34,37)(H,32,33,38);4-9,12-14H,3,10-11,15H2,1-2H3,(H,33,36)(H,31,32,37);5-13,29H,4,14H2,1-3H3,(H,32,35)(H,30,31,36). The summed E-state index contributed by atoms with van der Waals surface area (Å²) in [7, 11) is 5.44. The Labute approximate surface area is 701 Å². The highest BCUT2D eigenvalue weighted by atomic mass is 35.5. The predicted octanol–water partition coefficient (Wildman–Crippen LogP) is 14.5. The zero-order valence-electron chi connectivity index (χ0n) is 63.6. The maximum Gasteiger partial charge on any atom is 0.344 e. The van der Waals surface area contributed by atoms with Crippen LogP contribution in [0.2, 0.25) is 30.1 Å². The van der Waals surface area contributed by atoms with Gasteiger partial charge in [-0.1, -0.05) is 106 Å². The summed E-state index contributed by atoms with van der Waals surface area (Å²) in [5.74, 6) is -3.22. The molecule has 0 aliphatic carbocycles. The number of esters is 3. The molecule has 2 aliphatic heterocycles. The van der Waals surface area contributed by atoms with E-state index in [1.807, 2.05) is 16.8 Å². The summed E-state index contributed by atoms with van der Waals surface area (Å²) in [5, 5.41) is 34.1. The zero-order chi connectivity index (χ0) is 84.4. The van der Waals surface area contributed by atoms with Crippen LogP contribution in [0.1, 0.15) is 112 Å². The first kappa shape index (κ1) is 88.5. The molecule has 8 N–H and O–H groups in total. The number of nitrogens with one attached hydrogen (secondary N) is 8. The Bertz CT molecular complexity index is 5180. The number of carbonyl (C=O) groups is 9. The summed E-state index contributed by atoms with van der Waals surface area (Å²) in [5.41, 5.74) is 3.01. The Morgan fingerprint density at radius 1 is 0.410 bits per heavy atom. The number of pyridine rings is 3. The van der Waals surface area contributed by atoms with E-state index >= 15 is 0 Å². The number of aliphatic imine (C=N–C) groups is 1. The van der Waals surface area contributed by atoms with E-state index in [0.717, 1.165) is 50.4 Å². The zero-order valence-corrected chi connectivity index (χ0v) is 68.1. The molecule has 2 aliphatic rings. The highest BCUT2D eigenvalue weighted by Gasteiger charge is 2.28. The summed E-state index contributed by atoms with van der Waals surface area (Å²) >= 11 is 36.4. The van der Waals surface area contributed by atoms with Crippen LogP contribution in [0.3, 0.4) is 0 Å². The molecule has 0 saturated carbocycles. The highest BCUT2D eigenvalue weighted by molar-refractivity contribution is 6.34. The first-order valence-corrected chi connectivity index (χ1v) is 38.1. The smallest absolute Gasteiger partial charge is 0.344 e. The number of likely N-dealkylation sites (tertiary alicyclic amines) is 1. The molecule has 0 spiro atoms. The van der Waals surface area contributed by atoms with Crippen molar-refractivity contribution in [2.75, 3.05) is 119 Å². The molecule has 6 amide bonds. The second-order valence-electron chi connectivity index (χ2n) is 25.2. The number of rotatable bonds is 27. The van der Waals surface area contributed by atoms with Gasteiger partial charge in [-0.15, -0.1) is 0 Å². The molecule has 1 fully saturated rings. The van der Waals surface area contributed by atoms with Gasteiger partial charge in [0.05, 0.1) is 75.2 Å². The summed E-state index contributed by atoms with van der Waals surface area (Å²) in [6.45, 7) is 7.29. The van der Waals surface area contributed by atoms with Crippen molar-refractivity contribution in [3.05, 3.63) is 244 Å². The van der Waals surface area contributed by atoms with E-state index in [1.54, 1.807) is 131 Å². The van der Waals surface area contributed by atoms with E-state index < -0.39 is 73.2 Å². The Hall–Kier alpha value is -12.5. The number of halogens is 6. The van der Waals surface area contributed by atoms with Crippen LogP contribution in [0.5, 0.6) is 17.2 Å². The minimum Gasteiger partial charge on any atom is -0.480 e. The molecular weight excluding hydrogens is 1640 g/mol. The van der Waals surface area contributed by atoms with Gasteiger partial charge in [-0.25, -0.2) is 29.3 Å². The van der Waals surface area contributed by atoms with Crippen molar-refractivity contribution in [3.8, 4) is 17.2 Å². The first-order chi connectivity index (χ1) is 56.1. The molecule has 0 bridgehead atoms. The van der Waals surface area contributed by atoms with Crippen molar-refractivity contribution in [3.63, 3.8) is 0 Å². The minimum atomic E-state index is -0.645. The maximum absolute atomic E-state index is 13.3. The van der Waals surface area contributed by atoms with Crippen molar-refractivity contribution in [2.45, 2.75) is 33.6 Å². The Morgan fingerprint density at radius 2 is 0.735 bits per heavy atom. The lowest BCUT2D eigenvalue weighted by molar-refractivity contribution is -0.146. The number of hydrogen-bond acceptors (Lipinski definition) is 22. The molecule has 36 heteroatoms. The molecule has 11 rings (SSSR count). The molecule has 3 aromatic heterocycles. The number of ether oxygens (including phenoxy) is 6. The van der Waals surface area contributed by atoms with E-state index in [0.29, 0.717) is 37.6 Å². The van der Waals surface area contributed by atoms with Gasteiger partial charge in [0.15, 0.2) is 19.8 Å². The Kier molecular flexibility index (Phi) is 32.4. The van der Waals surface area contributed by atoms with Crippen LogP contribution in [-0.2, 0) is 28.6 Å². The summed E-state index contributed by atoms with van der Waals surface area (Å²) in [4.78, 5) is 138. The highest BCUT2D eigenvalue weighted by Crippen LogP contribution is 2.38. The fourth-order valence-electron chi connectivity index (χ4n) is 11.0.